The predicted octanol–water partition coefficient (Wildman–Crippen LogP) is 3.06. The van der Waals surface area contributed by atoms with Gasteiger partial charge in [-0.25, -0.2) is 18.6 Å². The highest BCUT2D eigenvalue weighted by atomic mass is 19.1. The lowest BCUT2D eigenvalue weighted by molar-refractivity contribution is -0.154. The van der Waals surface area contributed by atoms with Crippen molar-refractivity contribution >= 4 is 41.4 Å². The van der Waals surface area contributed by atoms with Gasteiger partial charge in [0.15, 0.2) is 0 Å². The number of aliphatic carboxylic acids is 1. The van der Waals surface area contributed by atoms with Gasteiger partial charge in [0, 0.05) is 30.8 Å². The first-order valence-electron chi connectivity index (χ1n) is 10.9. The van der Waals surface area contributed by atoms with Crippen LogP contribution in [0.2, 0.25) is 0 Å². The molecule has 0 aliphatic rings. The number of carboxylic acid groups (broad SMARTS) is 1. The molecule has 0 bridgehead atoms. The molecule has 0 aromatic heterocycles. The van der Waals surface area contributed by atoms with Crippen LogP contribution in [-0.2, 0) is 14.3 Å². The van der Waals surface area contributed by atoms with Crippen LogP contribution in [0.3, 0.4) is 0 Å². The molecule has 0 saturated heterocycles. The van der Waals surface area contributed by atoms with Gasteiger partial charge in [0.25, 0.3) is 11.6 Å². The lowest BCUT2D eigenvalue weighted by atomic mass is 10.1. The molecular formula is C25H29F2N3O5. The third-order valence-corrected chi connectivity index (χ3v) is 4.80. The number of nitrogens with one attached hydrogen (secondary N) is 2. The maximum atomic E-state index is 15.2. The second kappa shape index (κ2) is 12.6. The summed E-state index contributed by atoms with van der Waals surface area (Å²) in [6.45, 7) is 4.93. The number of carbonyl (C=O) groups excluding carboxylic acids is 1. The van der Waals surface area contributed by atoms with Crippen molar-refractivity contribution in [3.63, 3.8) is 0 Å². The highest BCUT2D eigenvalue weighted by Gasteiger charge is 2.41. The largest absolute Gasteiger partial charge is 0.491 e. The molecule has 8 nitrogen and oxygen atoms in total. The highest BCUT2D eigenvalue weighted by molar-refractivity contribution is 6.10. The summed E-state index contributed by atoms with van der Waals surface area (Å²) in [4.78, 5) is 27.1. The average molecular weight is 490 g/mol. The van der Waals surface area contributed by atoms with E-state index in [-0.39, 0.29) is 23.3 Å². The smallest absolute Gasteiger partial charge is 0.351 e. The number of carboxylic acids is 1. The Balaban J connectivity index is 2.41. The van der Waals surface area contributed by atoms with E-state index >= 15 is 4.39 Å². The van der Waals surface area contributed by atoms with E-state index in [4.69, 9.17) is 14.6 Å². The minimum absolute atomic E-state index is 0.190. The van der Waals surface area contributed by atoms with E-state index in [0.717, 1.165) is 0 Å². The molecule has 1 atom stereocenters. The summed E-state index contributed by atoms with van der Waals surface area (Å²) < 4.78 is 39.7. The number of anilines is 2. The number of aliphatic imine (C=N–C) groups is 1. The molecule has 0 aliphatic carbocycles. The predicted molar refractivity (Wildman–Crippen MR) is 131 cm³/mol. The van der Waals surface area contributed by atoms with Gasteiger partial charge in [-0.1, -0.05) is 13.0 Å². The summed E-state index contributed by atoms with van der Waals surface area (Å²) in [7, 11) is 1.55. The molecule has 1 unspecified atom stereocenters. The van der Waals surface area contributed by atoms with E-state index in [1.54, 1.807) is 32.2 Å². The average Bonchev–Trinajstić information content (AvgIpc) is 2.80. The lowest BCUT2D eigenvalue weighted by Gasteiger charge is -2.15. The molecule has 2 rings (SSSR count). The van der Waals surface area contributed by atoms with Gasteiger partial charge in [-0.15, -0.1) is 0 Å². The number of rotatable bonds is 11. The van der Waals surface area contributed by atoms with Crippen molar-refractivity contribution in [2.24, 2.45) is 4.99 Å². The summed E-state index contributed by atoms with van der Waals surface area (Å²) in [6, 6.07) is 9.02. The van der Waals surface area contributed by atoms with Crippen molar-refractivity contribution in [2.75, 3.05) is 31.0 Å². The molecule has 0 spiro atoms. The number of ether oxygens (including phenoxy) is 2. The van der Waals surface area contributed by atoms with E-state index in [1.165, 1.54) is 24.4 Å². The third kappa shape index (κ3) is 7.35. The van der Waals surface area contributed by atoms with Crippen LogP contribution in [0.25, 0.3) is 11.9 Å². The molecule has 35 heavy (non-hydrogen) atoms. The number of nitrogens with zero attached hydrogens (tertiary/aromatic N) is 1. The Morgan fingerprint density at radius 1 is 1.14 bits per heavy atom. The first-order chi connectivity index (χ1) is 16.6. The zero-order valence-corrected chi connectivity index (χ0v) is 20.0. The van der Waals surface area contributed by atoms with Crippen LogP contribution in [0.5, 0.6) is 5.75 Å². The van der Waals surface area contributed by atoms with Crippen molar-refractivity contribution in [3.05, 3.63) is 52.7 Å². The van der Waals surface area contributed by atoms with Crippen LogP contribution in [-0.4, -0.2) is 49.2 Å². The van der Waals surface area contributed by atoms with E-state index in [9.17, 15) is 14.0 Å². The van der Waals surface area contributed by atoms with E-state index in [1.807, 2.05) is 13.0 Å². The Morgan fingerprint density at radius 3 is 2.31 bits per heavy atom. The Bertz CT molecular complexity index is 1190. The van der Waals surface area contributed by atoms with Gasteiger partial charge in [0.2, 0.25) is 0 Å². The molecule has 1 amide bonds. The number of benzene rings is 2. The fraction of sp³-hybridized carbons (Fsp3) is 0.320. The number of amides is 1. The summed E-state index contributed by atoms with van der Waals surface area (Å²) in [6.07, 6.45) is 4.02. The summed E-state index contributed by atoms with van der Waals surface area (Å²) in [5.41, 5.74) is -2.38. The topological polar surface area (TPSA) is 109 Å². The fourth-order valence-corrected chi connectivity index (χ4v) is 2.97. The quantitative estimate of drug-likeness (QED) is 0.254. The van der Waals surface area contributed by atoms with E-state index in [2.05, 4.69) is 15.6 Å². The van der Waals surface area contributed by atoms with Gasteiger partial charge >= 0.3 is 5.97 Å². The van der Waals surface area contributed by atoms with Gasteiger partial charge < -0.3 is 25.2 Å². The number of alkyl halides is 1. The second-order valence-electron chi connectivity index (χ2n) is 7.52. The monoisotopic (exact) mass is 489 g/mol. The van der Waals surface area contributed by atoms with Crippen molar-refractivity contribution in [3.8, 4) is 5.75 Å². The number of carbonyl (C=O) groups is 2. The molecule has 188 valence electrons. The molecule has 0 aliphatic heterocycles. The lowest BCUT2D eigenvalue weighted by Crippen LogP contribution is -2.43. The second-order valence-corrected chi connectivity index (χ2v) is 7.52. The minimum Gasteiger partial charge on any atom is -0.491 e. The normalized spacial score (nSPS) is 14.4. The number of methoxy groups -OCH3 is 1. The Labute approximate surface area is 202 Å². The van der Waals surface area contributed by atoms with Gasteiger partial charge in [-0.05, 0) is 55.8 Å². The van der Waals surface area contributed by atoms with Crippen LogP contribution in [0.4, 0.5) is 20.2 Å². The zero-order valence-electron chi connectivity index (χ0n) is 20.0. The van der Waals surface area contributed by atoms with Crippen LogP contribution in [0.15, 0.2) is 41.4 Å². The zero-order chi connectivity index (χ0) is 26.0. The SMILES string of the molecule is C\C=N/C(Nc1ccc(NC(=O)C(C)(F)C(=O)O)cc1)=c1/c(F)cc(OCCOC)c/c1=C\CC. The van der Waals surface area contributed by atoms with Crippen molar-refractivity contribution < 1.29 is 33.0 Å². The van der Waals surface area contributed by atoms with Gasteiger partial charge in [-0.3, -0.25) is 4.79 Å². The summed E-state index contributed by atoms with van der Waals surface area (Å²) >= 11 is 0. The molecule has 10 heteroatoms. The molecule has 0 fully saturated rings. The van der Waals surface area contributed by atoms with Gasteiger partial charge in [0.1, 0.15) is 24.0 Å². The Morgan fingerprint density at radius 2 is 1.77 bits per heavy atom. The van der Waals surface area contributed by atoms with Crippen LogP contribution >= 0.6 is 0 Å². The summed E-state index contributed by atoms with van der Waals surface area (Å²) in [5, 5.41) is 14.9. The third-order valence-electron chi connectivity index (χ3n) is 4.80. The van der Waals surface area contributed by atoms with Gasteiger partial charge in [0.05, 0.1) is 11.8 Å². The first kappa shape index (κ1) is 27.5. The minimum atomic E-state index is -3.07. The molecular weight excluding hydrogens is 460 g/mol. The maximum absolute atomic E-state index is 15.2. The number of hydrogen-bond donors (Lipinski definition) is 3. The molecule has 0 saturated carbocycles. The number of halogens is 2. The van der Waals surface area contributed by atoms with Crippen LogP contribution in [0.1, 0.15) is 27.2 Å². The fourth-order valence-electron chi connectivity index (χ4n) is 2.97. The van der Waals surface area contributed by atoms with Crippen molar-refractivity contribution in [2.45, 2.75) is 32.9 Å². The molecule has 0 heterocycles. The Kier molecular flexibility index (Phi) is 9.89. The van der Waals surface area contributed by atoms with Crippen molar-refractivity contribution in [1.82, 2.24) is 0 Å². The molecule has 3 N–H and O–H groups in total. The maximum Gasteiger partial charge on any atom is 0.351 e. The molecule has 2 aromatic carbocycles. The van der Waals surface area contributed by atoms with E-state index in [0.29, 0.717) is 36.6 Å². The highest BCUT2D eigenvalue weighted by Crippen LogP contribution is 2.19. The summed E-state index contributed by atoms with van der Waals surface area (Å²) in [5.74, 6) is -3.12. The van der Waals surface area contributed by atoms with Crippen LogP contribution in [0, 0.1) is 5.82 Å². The first-order valence-corrected chi connectivity index (χ1v) is 10.9. The molecule has 2 aromatic rings. The van der Waals surface area contributed by atoms with Gasteiger partial charge in [-0.2, -0.15) is 0 Å². The van der Waals surface area contributed by atoms with E-state index < -0.39 is 23.4 Å². The van der Waals surface area contributed by atoms with Crippen LogP contribution < -0.4 is 25.8 Å². The Hall–Kier alpha value is -3.79. The van der Waals surface area contributed by atoms with Crippen molar-refractivity contribution in [1.29, 1.82) is 0 Å². The standard InChI is InChI=1S/C25H29F2N3O5/c1-5-7-16-14-19(35-13-12-34-4)15-20(26)21(16)22(28-6-2)29-17-8-10-18(11-9-17)30-23(31)25(3,27)24(32)33/h6-11,14-15,29H,5,12-13H2,1-4H3,(H,30,31)(H,32,33)/b16-7+,22-21-,28-6-. The molecule has 0 radical (unpaired) electrons. The number of hydrogen-bond acceptors (Lipinski definition) is 6.